The SMILES string of the molecule is CCCCCCCCCCCCCC/C=C\CCCCCCCCCC(O)C(=O)NC(CO)C(O)C(O)CCC/C=C/CCCCCCCCCCCCCC. The highest BCUT2D eigenvalue weighted by Crippen LogP contribution is 2.16. The molecule has 0 aliphatic carbocycles. The number of hydrogen-bond acceptors (Lipinski definition) is 5. The van der Waals surface area contributed by atoms with Crippen LogP contribution in [0.2, 0.25) is 0 Å². The van der Waals surface area contributed by atoms with Gasteiger partial charge in [-0.1, -0.05) is 218 Å². The molecule has 0 spiro atoms. The summed E-state index contributed by atoms with van der Waals surface area (Å²) in [4.78, 5) is 12.5. The fraction of sp³-hybridized carbons (Fsp3) is 0.900. The number of unbranched alkanes of at least 4 members (excludes halogenated alkanes) is 32. The molecule has 0 heterocycles. The summed E-state index contributed by atoms with van der Waals surface area (Å²) in [6, 6.07) is -1.00. The first kappa shape index (κ1) is 54.8. The number of nitrogens with one attached hydrogen (secondary N) is 1. The largest absolute Gasteiger partial charge is 0.394 e. The molecule has 0 saturated carbocycles. The highest BCUT2D eigenvalue weighted by Gasteiger charge is 2.28. The maximum Gasteiger partial charge on any atom is 0.249 e. The first-order valence-electron chi connectivity index (χ1n) is 24.7. The molecular formula is C50H97NO5. The van der Waals surface area contributed by atoms with Crippen molar-refractivity contribution in [2.45, 2.75) is 282 Å². The molecule has 0 aliphatic rings. The van der Waals surface area contributed by atoms with Crippen molar-refractivity contribution in [3.63, 3.8) is 0 Å². The van der Waals surface area contributed by atoms with Gasteiger partial charge in [0.2, 0.25) is 5.91 Å². The predicted molar refractivity (Wildman–Crippen MR) is 242 cm³/mol. The van der Waals surface area contributed by atoms with Crippen LogP contribution in [0.15, 0.2) is 24.3 Å². The van der Waals surface area contributed by atoms with Gasteiger partial charge in [-0.05, 0) is 64.2 Å². The topological polar surface area (TPSA) is 110 Å². The number of hydrogen-bond donors (Lipinski definition) is 5. The monoisotopic (exact) mass is 792 g/mol. The zero-order valence-electron chi connectivity index (χ0n) is 37.4. The summed E-state index contributed by atoms with van der Waals surface area (Å²) in [6.07, 6.45) is 52.2. The Labute approximate surface area is 348 Å². The van der Waals surface area contributed by atoms with Crippen molar-refractivity contribution >= 4 is 5.91 Å². The molecular weight excluding hydrogens is 695 g/mol. The van der Waals surface area contributed by atoms with Crippen molar-refractivity contribution in [2.24, 2.45) is 0 Å². The van der Waals surface area contributed by atoms with Gasteiger partial charge in [0.25, 0.3) is 0 Å². The van der Waals surface area contributed by atoms with Gasteiger partial charge < -0.3 is 25.7 Å². The molecule has 56 heavy (non-hydrogen) atoms. The Morgan fingerprint density at radius 2 is 0.732 bits per heavy atom. The van der Waals surface area contributed by atoms with E-state index in [-0.39, 0.29) is 0 Å². The predicted octanol–water partition coefficient (Wildman–Crippen LogP) is 13.5. The van der Waals surface area contributed by atoms with Crippen LogP contribution in [-0.2, 0) is 4.79 Å². The van der Waals surface area contributed by atoms with Gasteiger partial charge in [-0.15, -0.1) is 0 Å². The van der Waals surface area contributed by atoms with E-state index in [0.29, 0.717) is 12.8 Å². The molecule has 4 unspecified atom stereocenters. The van der Waals surface area contributed by atoms with Crippen LogP contribution in [0.1, 0.15) is 258 Å². The van der Waals surface area contributed by atoms with E-state index in [1.54, 1.807) is 0 Å². The molecule has 0 rings (SSSR count). The van der Waals surface area contributed by atoms with E-state index in [2.05, 4.69) is 43.5 Å². The third-order valence-electron chi connectivity index (χ3n) is 11.6. The van der Waals surface area contributed by atoms with E-state index in [9.17, 15) is 25.2 Å². The van der Waals surface area contributed by atoms with Crippen LogP contribution >= 0.6 is 0 Å². The summed E-state index contributed by atoms with van der Waals surface area (Å²) in [7, 11) is 0. The number of carbonyl (C=O) groups is 1. The normalized spacial score (nSPS) is 14.2. The number of allylic oxidation sites excluding steroid dienone is 4. The van der Waals surface area contributed by atoms with Crippen LogP contribution in [0, 0.1) is 0 Å². The Bertz CT molecular complexity index is 847. The summed E-state index contributed by atoms with van der Waals surface area (Å²) in [6.45, 7) is 4.06. The molecule has 0 aromatic heterocycles. The molecule has 5 N–H and O–H groups in total. The van der Waals surface area contributed by atoms with E-state index in [1.807, 2.05) is 0 Å². The molecule has 4 atom stereocenters. The van der Waals surface area contributed by atoms with Crippen LogP contribution in [0.25, 0.3) is 0 Å². The Morgan fingerprint density at radius 3 is 1.07 bits per heavy atom. The maximum atomic E-state index is 12.5. The second-order valence-corrected chi connectivity index (χ2v) is 17.2. The van der Waals surface area contributed by atoms with Crippen molar-refractivity contribution in [3.05, 3.63) is 24.3 Å². The molecule has 0 fully saturated rings. The lowest BCUT2D eigenvalue weighted by molar-refractivity contribution is -0.132. The van der Waals surface area contributed by atoms with E-state index in [4.69, 9.17) is 0 Å². The van der Waals surface area contributed by atoms with Crippen LogP contribution in [0.3, 0.4) is 0 Å². The van der Waals surface area contributed by atoms with Crippen molar-refractivity contribution in [1.82, 2.24) is 5.32 Å². The minimum Gasteiger partial charge on any atom is -0.394 e. The molecule has 6 heteroatoms. The first-order chi connectivity index (χ1) is 27.5. The van der Waals surface area contributed by atoms with Gasteiger partial charge in [-0.2, -0.15) is 0 Å². The second kappa shape index (κ2) is 44.9. The van der Waals surface area contributed by atoms with Crippen LogP contribution in [-0.4, -0.2) is 57.3 Å². The Hall–Kier alpha value is -1.21. The molecule has 6 nitrogen and oxygen atoms in total. The Morgan fingerprint density at radius 1 is 0.429 bits per heavy atom. The first-order valence-corrected chi connectivity index (χ1v) is 24.7. The zero-order valence-corrected chi connectivity index (χ0v) is 37.4. The molecule has 0 aromatic rings. The summed E-state index contributed by atoms with van der Waals surface area (Å²) < 4.78 is 0. The number of rotatable bonds is 45. The fourth-order valence-corrected chi connectivity index (χ4v) is 7.69. The maximum absolute atomic E-state index is 12.5. The molecule has 0 radical (unpaired) electrons. The van der Waals surface area contributed by atoms with Gasteiger partial charge in [0.15, 0.2) is 0 Å². The molecule has 332 valence electrons. The second-order valence-electron chi connectivity index (χ2n) is 17.2. The van der Waals surface area contributed by atoms with E-state index in [1.165, 1.54) is 193 Å². The van der Waals surface area contributed by atoms with E-state index >= 15 is 0 Å². The smallest absolute Gasteiger partial charge is 0.249 e. The van der Waals surface area contributed by atoms with E-state index < -0.39 is 36.9 Å². The molecule has 1 amide bonds. The van der Waals surface area contributed by atoms with Crippen LogP contribution in [0.4, 0.5) is 0 Å². The van der Waals surface area contributed by atoms with Crippen molar-refractivity contribution in [2.75, 3.05) is 6.61 Å². The highest BCUT2D eigenvalue weighted by molar-refractivity contribution is 5.80. The van der Waals surface area contributed by atoms with Gasteiger partial charge in [0, 0.05) is 0 Å². The lowest BCUT2D eigenvalue weighted by atomic mass is 10.00. The zero-order chi connectivity index (χ0) is 41.0. The number of carbonyl (C=O) groups excluding carboxylic acids is 1. The van der Waals surface area contributed by atoms with Crippen molar-refractivity contribution < 1.29 is 25.2 Å². The summed E-state index contributed by atoms with van der Waals surface area (Å²) >= 11 is 0. The third kappa shape index (κ3) is 38.3. The third-order valence-corrected chi connectivity index (χ3v) is 11.6. The fourth-order valence-electron chi connectivity index (χ4n) is 7.69. The Kier molecular flexibility index (Phi) is 43.9. The van der Waals surface area contributed by atoms with Gasteiger partial charge in [0.1, 0.15) is 12.2 Å². The highest BCUT2D eigenvalue weighted by atomic mass is 16.3. The van der Waals surface area contributed by atoms with Crippen LogP contribution < -0.4 is 5.32 Å². The minimum atomic E-state index is -1.28. The lowest BCUT2D eigenvalue weighted by Gasteiger charge is -2.27. The molecule has 0 saturated heterocycles. The van der Waals surface area contributed by atoms with Gasteiger partial charge in [-0.25, -0.2) is 0 Å². The van der Waals surface area contributed by atoms with E-state index in [0.717, 1.165) is 38.5 Å². The average Bonchev–Trinajstić information content (AvgIpc) is 3.20. The number of aliphatic hydroxyl groups excluding tert-OH is 4. The number of amides is 1. The molecule has 0 aliphatic heterocycles. The van der Waals surface area contributed by atoms with Gasteiger partial charge in [0.05, 0.1) is 18.8 Å². The quantitative estimate of drug-likeness (QED) is 0.0312. The minimum absolute atomic E-state index is 0.359. The van der Waals surface area contributed by atoms with Crippen molar-refractivity contribution in [1.29, 1.82) is 0 Å². The van der Waals surface area contributed by atoms with Gasteiger partial charge in [-0.3, -0.25) is 4.79 Å². The van der Waals surface area contributed by atoms with Gasteiger partial charge >= 0.3 is 0 Å². The average molecular weight is 792 g/mol. The molecule has 0 aromatic carbocycles. The Balaban J connectivity index is 3.71. The van der Waals surface area contributed by atoms with Crippen molar-refractivity contribution in [3.8, 4) is 0 Å². The summed E-state index contributed by atoms with van der Waals surface area (Å²) in [5.74, 6) is -0.595. The number of aliphatic hydroxyl groups is 4. The summed E-state index contributed by atoms with van der Waals surface area (Å²) in [5, 5.41) is 43.8. The summed E-state index contributed by atoms with van der Waals surface area (Å²) in [5.41, 5.74) is 0. The van der Waals surface area contributed by atoms with Crippen LogP contribution in [0.5, 0.6) is 0 Å². The molecule has 0 bridgehead atoms. The lowest BCUT2D eigenvalue weighted by Crippen LogP contribution is -2.53. The standard InChI is InChI=1S/C50H97NO5/c1-3-5-7-9-11-13-15-17-19-21-22-23-24-25-26-28-30-32-34-36-38-40-42-44-48(54)50(56)51-46(45-52)49(55)47(53)43-41-39-37-35-33-31-29-27-20-18-16-14-12-10-8-6-4-2/h25-26,35,37,46-49,52-55H,3-24,27-34,36,38-45H2,1-2H3,(H,51,56)/b26-25-,37-35+.